The van der Waals surface area contributed by atoms with Crippen LogP contribution in [0.4, 0.5) is 9.52 Å². The Morgan fingerprint density at radius 2 is 1.82 bits per heavy atom. The van der Waals surface area contributed by atoms with Crippen molar-refractivity contribution in [2.75, 3.05) is 11.5 Å². The zero-order valence-electron chi connectivity index (χ0n) is 18.0. The fourth-order valence-electron chi connectivity index (χ4n) is 3.62. The van der Waals surface area contributed by atoms with E-state index in [-0.39, 0.29) is 27.8 Å². The molecule has 10 heteroatoms. The second-order valence-corrected chi connectivity index (χ2v) is 8.77. The van der Waals surface area contributed by atoms with E-state index < -0.39 is 35.3 Å². The standard InChI is InChI=1S/C24H18ClFN2O5S/c1-3-33-23(32)21-12(2)27-24(34-21)28-18(13-6-10-16(26)11-7-13)17(20(30)22(28)31)19(29)14-4-8-15(25)9-5-14/h4-11,18,29H,3H2,1-2H3/t18-/m0/s1. The van der Waals surface area contributed by atoms with E-state index in [2.05, 4.69) is 4.98 Å². The summed E-state index contributed by atoms with van der Waals surface area (Å²) in [5.74, 6) is -3.39. The number of Topliss-reactive ketones (excluding diaryl/α,β-unsaturated/α-hetero) is 1. The maximum absolute atomic E-state index is 13.6. The molecule has 0 radical (unpaired) electrons. The third kappa shape index (κ3) is 4.20. The molecule has 2 aromatic carbocycles. The zero-order valence-corrected chi connectivity index (χ0v) is 19.6. The number of thiazole rings is 1. The number of amides is 1. The van der Waals surface area contributed by atoms with E-state index in [1.807, 2.05) is 0 Å². The van der Waals surface area contributed by atoms with Gasteiger partial charge in [0.25, 0.3) is 5.78 Å². The molecular formula is C24H18ClFN2O5S. The maximum atomic E-state index is 13.6. The quantitative estimate of drug-likeness (QED) is 0.228. The van der Waals surface area contributed by atoms with Crippen molar-refractivity contribution in [1.29, 1.82) is 0 Å². The number of ether oxygens (including phenoxy) is 1. The van der Waals surface area contributed by atoms with E-state index in [0.29, 0.717) is 16.3 Å². The van der Waals surface area contributed by atoms with Crippen LogP contribution in [-0.2, 0) is 14.3 Å². The highest BCUT2D eigenvalue weighted by atomic mass is 35.5. The average Bonchev–Trinajstić information content (AvgIpc) is 3.31. The van der Waals surface area contributed by atoms with E-state index >= 15 is 0 Å². The van der Waals surface area contributed by atoms with Crippen LogP contribution in [0.5, 0.6) is 0 Å². The molecule has 0 saturated carbocycles. The third-order valence-electron chi connectivity index (χ3n) is 5.20. The SMILES string of the molecule is CCOC(=O)c1sc(N2C(=O)C(=O)C(=C(O)c3ccc(Cl)cc3)[C@@H]2c2ccc(F)cc2)nc1C. The van der Waals surface area contributed by atoms with Crippen LogP contribution in [0.1, 0.15) is 39.5 Å². The number of rotatable bonds is 5. The van der Waals surface area contributed by atoms with E-state index in [1.54, 1.807) is 13.8 Å². The summed E-state index contributed by atoms with van der Waals surface area (Å²) < 4.78 is 18.7. The molecule has 3 aromatic rings. The Balaban J connectivity index is 1.90. The number of carbonyl (C=O) groups excluding carboxylic acids is 3. The van der Waals surface area contributed by atoms with Crippen molar-refractivity contribution in [3.63, 3.8) is 0 Å². The van der Waals surface area contributed by atoms with Crippen molar-refractivity contribution >= 4 is 51.5 Å². The van der Waals surface area contributed by atoms with Crippen LogP contribution in [0.3, 0.4) is 0 Å². The van der Waals surface area contributed by atoms with Gasteiger partial charge in [0.15, 0.2) is 5.13 Å². The molecule has 1 aromatic heterocycles. The van der Waals surface area contributed by atoms with Crippen molar-refractivity contribution in [2.45, 2.75) is 19.9 Å². The van der Waals surface area contributed by atoms with Crippen LogP contribution in [0.25, 0.3) is 5.76 Å². The summed E-state index contributed by atoms with van der Waals surface area (Å²) in [5, 5.41) is 11.5. The van der Waals surface area contributed by atoms with Crippen LogP contribution in [0.2, 0.25) is 5.02 Å². The summed E-state index contributed by atoms with van der Waals surface area (Å²) in [6, 6.07) is 10.2. The summed E-state index contributed by atoms with van der Waals surface area (Å²) in [6.07, 6.45) is 0. The lowest BCUT2D eigenvalue weighted by atomic mass is 9.95. The van der Waals surface area contributed by atoms with Crippen LogP contribution in [0, 0.1) is 12.7 Å². The van der Waals surface area contributed by atoms with Crippen LogP contribution in [0.15, 0.2) is 54.1 Å². The lowest BCUT2D eigenvalue weighted by molar-refractivity contribution is -0.132. The Kier molecular flexibility index (Phi) is 6.49. The predicted molar refractivity (Wildman–Crippen MR) is 125 cm³/mol. The summed E-state index contributed by atoms with van der Waals surface area (Å²) in [5.41, 5.74) is 0.791. The van der Waals surface area contributed by atoms with Gasteiger partial charge in [-0.25, -0.2) is 14.2 Å². The number of nitrogens with zero attached hydrogens (tertiary/aromatic N) is 2. The molecular weight excluding hydrogens is 483 g/mol. The number of esters is 1. The van der Waals surface area contributed by atoms with Gasteiger partial charge in [-0.05, 0) is 55.8 Å². The number of halogens is 2. The number of aromatic nitrogens is 1. The largest absolute Gasteiger partial charge is 0.507 e. The number of aryl methyl sites for hydroxylation is 1. The Hall–Kier alpha value is -3.56. The Morgan fingerprint density at radius 1 is 1.18 bits per heavy atom. The molecule has 0 aliphatic carbocycles. The highest BCUT2D eigenvalue weighted by molar-refractivity contribution is 7.17. The molecule has 1 aliphatic heterocycles. The number of benzene rings is 2. The van der Waals surface area contributed by atoms with E-state index in [0.717, 1.165) is 16.2 Å². The molecule has 1 atom stereocenters. The molecule has 7 nitrogen and oxygen atoms in total. The van der Waals surface area contributed by atoms with Gasteiger partial charge >= 0.3 is 11.9 Å². The third-order valence-corrected chi connectivity index (χ3v) is 6.59. The lowest BCUT2D eigenvalue weighted by Gasteiger charge is -2.23. The monoisotopic (exact) mass is 500 g/mol. The van der Waals surface area contributed by atoms with Crippen molar-refractivity contribution in [3.8, 4) is 0 Å². The molecule has 1 fully saturated rings. The molecule has 2 heterocycles. The smallest absolute Gasteiger partial charge is 0.350 e. The average molecular weight is 501 g/mol. The predicted octanol–water partition coefficient (Wildman–Crippen LogP) is 5.05. The number of hydrogen-bond acceptors (Lipinski definition) is 7. The van der Waals surface area contributed by atoms with Gasteiger partial charge in [-0.2, -0.15) is 0 Å². The molecule has 1 saturated heterocycles. The van der Waals surface area contributed by atoms with Crippen LogP contribution >= 0.6 is 22.9 Å². The number of ketones is 1. The first-order valence-electron chi connectivity index (χ1n) is 10.2. The van der Waals surface area contributed by atoms with Gasteiger partial charge in [0.1, 0.15) is 16.5 Å². The van der Waals surface area contributed by atoms with Gasteiger partial charge in [0.05, 0.1) is 23.9 Å². The van der Waals surface area contributed by atoms with Crippen LogP contribution in [-0.4, -0.2) is 34.4 Å². The Labute approximate surface area is 203 Å². The summed E-state index contributed by atoms with van der Waals surface area (Å²) >= 11 is 6.82. The molecule has 34 heavy (non-hydrogen) atoms. The molecule has 174 valence electrons. The summed E-state index contributed by atoms with van der Waals surface area (Å²) in [7, 11) is 0. The number of aliphatic hydroxyl groups excluding tert-OH is 1. The Morgan fingerprint density at radius 3 is 2.44 bits per heavy atom. The fourth-order valence-corrected chi connectivity index (χ4v) is 4.74. The van der Waals surface area contributed by atoms with Crippen molar-refractivity contribution in [3.05, 3.63) is 86.6 Å². The zero-order chi connectivity index (χ0) is 24.6. The van der Waals surface area contributed by atoms with Gasteiger partial charge < -0.3 is 9.84 Å². The normalized spacial score (nSPS) is 17.3. The highest BCUT2D eigenvalue weighted by Crippen LogP contribution is 2.44. The van der Waals surface area contributed by atoms with E-state index in [9.17, 15) is 23.9 Å². The minimum absolute atomic E-state index is 0.0761. The summed E-state index contributed by atoms with van der Waals surface area (Å²) in [6.45, 7) is 3.41. The van der Waals surface area contributed by atoms with Crippen molar-refractivity contribution in [1.82, 2.24) is 4.98 Å². The molecule has 0 spiro atoms. The molecule has 0 bridgehead atoms. The first kappa shape index (κ1) is 23.6. The number of anilines is 1. The van der Waals surface area contributed by atoms with Crippen molar-refractivity contribution in [2.24, 2.45) is 0 Å². The van der Waals surface area contributed by atoms with Gasteiger partial charge in [0.2, 0.25) is 0 Å². The first-order chi connectivity index (χ1) is 16.2. The fraction of sp³-hybridized carbons (Fsp3) is 0.167. The van der Waals surface area contributed by atoms with Crippen molar-refractivity contribution < 1.29 is 28.6 Å². The molecule has 1 N–H and O–H groups in total. The van der Waals surface area contributed by atoms with Gasteiger partial charge in [-0.1, -0.05) is 35.1 Å². The summed E-state index contributed by atoms with van der Waals surface area (Å²) in [4.78, 5) is 44.2. The lowest BCUT2D eigenvalue weighted by Crippen LogP contribution is -2.29. The Bertz CT molecular complexity index is 1320. The topological polar surface area (TPSA) is 96.8 Å². The number of carbonyl (C=O) groups is 3. The van der Waals surface area contributed by atoms with Gasteiger partial charge in [0, 0.05) is 10.6 Å². The molecule has 0 unspecified atom stereocenters. The van der Waals surface area contributed by atoms with Gasteiger partial charge in [-0.15, -0.1) is 0 Å². The number of aliphatic hydroxyl groups is 1. The van der Waals surface area contributed by atoms with E-state index in [1.165, 1.54) is 48.5 Å². The maximum Gasteiger partial charge on any atom is 0.350 e. The molecule has 1 aliphatic rings. The minimum Gasteiger partial charge on any atom is -0.507 e. The second kappa shape index (κ2) is 9.36. The van der Waals surface area contributed by atoms with Crippen LogP contribution < -0.4 is 4.90 Å². The highest BCUT2D eigenvalue weighted by Gasteiger charge is 2.48. The molecule has 1 amide bonds. The number of hydrogen-bond donors (Lipinski definition) is 1. The van der Waals surface area contributed by atoms with E-state index in [4.69, 9.17) is 16.3 Å². The second-order valence-electron chi connectivity index (χ2n) is 7.36. The first-order valence-corrected chi connectivity index (χ1v) is 11.4. The minimum atomic E-state index is -1.10. The molecule has 4 rings (SSSR count). The van der Waals surface area contributed by atoms with Gasteiger partial charge in [-0.3, -0.25) is 14.5 Å².